The van der Waals surface area contributed by atoms with E-state index >= 15 is 0 Å². The molecule has 4 nitrogen and oxygen atoms in total. The molecule has 1 amide bonds. The lowest BCUT2D eigenvalue weighted by Crippen LogP contribution is -2.37. The number of amides is 1. The van der Waals surface area contributed by atoms with Crippen molar-refractivity contribution in [3.8, 4) is 0 Å². The van der Waals surface area contributed by atoms with Crippen LogP contribution in [0.5, 0.6) is 0 Å². The minimum atomic E-state index is 0.0506. The predicted octanol–water partition coefficient (Wildman–Crippen LogP) is 3.63. The lowest BCUT2D eigenvalue weighted by molar-refractivity contribution is -0.120. The third-order valence-electron chi connectivity index (χ3n) is 4.12. The van der Waals surface area contributed by atoms with Crippen LogP contribution < -0.4 is 10.6 Å². The van der Waals surface area contributed by atoms with Gasteiger partial charge in [0.2, 0.25) is 5.91 Å². The van der Waals surface area contributed by atoms with Crippen molar-refractivity contribution in [2.24, 2.45) is 5.92 Å². The highest BCUT2D eigenvalue weighted by molar-refractivity contribution is 7.15. The number of nitrogens with zero attached hydrogens (tertiary/aromatic N) is 1. The van der Waals surface area contributed by atoms with Crippen LogP contribution in [0.1, 0.15) is 28.8 Å². The molecule has 1 saturated heterocycles. The first-order chi connectivity index (χ1) is 11.1. The van der Waals surface area contributed by atoms with Gasteiger partial charge in [0.05, 0.1) is 5.92 Å². The molecule has 0 radical (unpaired) electrons. The Bertz CT molecular complexity index is 695. The van der Waals surface area contributed by atoms with Gasteiger partial charge in [-0.25, -0.2) is 4.98 Å². The number of rotatable bonds is 4. The average molecular weight is 350 g/mol. The zero-order valence-electron chi connectivity index (χ0n) is 13.1. The van der Waals surface area contributed by atoms with Crippen molar-refractivity contribution < 1.29 is 4.79 Å². The second-order valence-electron chi connectivity index (χ2n) is 5.91. The van der Waals surface area contributed by atoms with Crippen LogP contribution in [0.2, 0.25) is 5.02 Å². The molecule has 2 heterocycles. The predicted molar refractivity (Wildman–Crippen MR) is 95.3 cm³/mol. The third-order valence-corrected chi connectivity index (χ3v) is 5.27. The van der Waals surface area contributed by atoms with E-state index < -0.39 is 0 Å². The number of nitrogens with one attached hydrogen (secondary N) is 2. The molecule has 23 heavy (non-hydrogen) atoms. The van der Waals surface area contributed by atoms with Crippen molar-refractivity contribution in [3.63, 3.8) is 0 Å². The van der Waals surface area contributed by atoms with Crippen molar-refractivity contribution in [2.75, 3.05) is 18.4 Å². The summed E-state index contributed by atoms with van der Waals surface area (Å²) >= 11 is 7.53. The van der Waals surface area contributed by atoms with Crippen LogP contribution in [-0.2, 0) is 11.2 Å². The lowest BCUT2D eigenvalue weighted by atomic mass is 9.99. The van der Waals surface area contributed by atoms with Gasteiger partial charge in [0.1, 0.15) is 0 Å². The number of benzene rings is 1. The minimum absolute atomic E-state index is 0.0506. The summed E-state index contributed by atoms with van der Waals surface area (Å²) in [7, 11) is 0. The first-order valence-electron chi connectivity index (χ1n) is 7.83. The zero-order chi connectivity index (χ0) is 16.2. The number of carbonyl (C=O) groups is 1. The van der Waals surface area contributed by atoms with Gasteiger partial charge in [-0.1, -0.05) is 17.7 Å². The summed E-state index contributed by atoms with van der Waals surface area (Å²) in [5.74, 6) is 0.121. The van der Waals surface area contributed by atoms with E-state index in [1.165, 1.54) is 22.5 Å². The van der Waals surface area contributed by atoms with E-state index in [0.717, 1.165) is 42.3 Å². The summed E-state index contributed by atoms with van der Waals surface area (Å²) in [4.78, 5) is 17.7. The van der Waals surface area contributed by atoms with Gasteiger partial charge >= 0.3 is 0 Å². The largest absolute Gasteiger partial charge is 0.316 e. The molecule has 2 N–H and O–H groups in total. The molecule has 0 spiro atoms. The fraction of sp³-hybridized carbons (Fsp3) is 0.412. The Kier molecular flexibility index (Phi) is 5.30. The normalized spacial score (nSPS) is 17.9. The molecule has 0 aliphatic carbocycles. The number of piperidine rings is 1. The molecule has 1 aromatic heterocycles. The Hall–Kier alpha value is -1.43. The van der Waals surface area contributed by atoms with Crippen LogP contribution in [0.15, 0.2) is 24.4 Å². The molecule has 2 aromatic rings. The topological polar surface area (TPSA) is 54.0 Å². The number of thiazole rings is 1. The molecular weight excluding hydrogens is 330 g/mol. The van der Waals surface area contributed by atoms with Crippen LogP contribution >= 0.6 is 22.9 Å². The maximum atomic E-state index is 12.2. The van der Waals surface area contributed by atoms with E-state index in [1.54, 1.807) is 0 Å². The molecule has 1 unspecified atom stereocenters. The molecule has 1 aliphatic rings. The van der Waals surface area contributed by atoms with Gasteiger partial charge in [-0.15, -0.1) is 11.3 Å². The second-order valence-corrected chi connectivity index (χ2v) is 7.46. The Morgan fingerprint density at radius 1 is 1.52 bits per heavy atom. The van der Waals surface area contributed by atoms with Crippen molar-refractivity contribution in [1.82, 2.24) is 10.3 Å². The van der Waals surface area contributed by atoms with E-state index in [4.69, 9.17) is 11.6 Å². The van der Waals surface area contributed by atoms with Gasteiger partial charge in [-0.2, -0.15) is 0 Å². The lowest BCUT2D eigenvalue weighted by Gasteiger charge is -2.21. The van der Waals surface area contributed by atoms with Gasteiger partial charge in [-0.3, -0.25) is 4.79 Å². The highest BCUT2D eigenvalue weighted by Crippen LogP contribution is 2.24. The van der Waals surface area contributed by atoms with Gasteiger partial charge in [0.25, 0.3) is 0 Å². The number of anilines is 1. The van der Waals surface area contributed by atoms with Gasteiger partial charge in [-0.05, 0) is 49.6 Å². The number of hydrogen-bond donors (Lipinski definition) is 2. The Morgan fingerprint density at radius 3 is 3.13 bits per heavy atom. The van der Waals surface area contributed by atoms with E-state index in [1.807, 2.05) is 24.4 Å². The molecule has 6 heteroatoms. The Morgan fingerprint density at radius 2 is 2.39 bits per heavy atom. The van der Waals surface area contributed by atoms with Gasteiger partial charge in [0, 0.05) is 29.1 Å². The fourth-order valence-corrected chi connectivity index (χ4v) is 3.84. The molecule has 1 fully saturated rings. The number of aryl methyl sites for hydroxylation is 1. The summed E-state index contributed by atoms with van der Waals surface area (Å²) in [6.45, 7) is 3.82. The molecule has 1 aromatic carbocycles. The van der Waals surface area contributed by atoms with Crippen LogP contribution in [0, 0.1) is 12.8 Å². The Balaban J connectivity index is 1.62. The maximum Gasteiger partial charge on any atom is 0.230 e. The average Bonchev–Trinajstić information content (AvgIpc) is 2.98. The monoisotopic (exact) mass is 349 g/mol. The molecule has 0 bridgehead atoms. The summed E-state index contributed by atoms with van der Waals surface area (Å²) in [5, 5.41) is 7.65. The molecular formula is C17H20ClN3OS. The van der Waals surface area contributed by atoms with Crippen LogP contribution in [0.25, 0.3) is 0 Å². The highest BCUT2D eigenvalue weighted by atomic mass is 35.5. The van der Waals surface area contributed by atoms with Crippen molar-refractivity contribution >= 4 is 34.0 Å². The van der Waals surface area contributed by atoms with Gasteiger partial charge in [0.15, 0.2) is 5.13 Å². The number of halogens is 1. The smallest absolute Gasteiger partial charge is 0.230 e. The van der Waals surface area contributed by atoms with E-state index in [2.05, 4.69) is 22.5 Å². The minimum Gasteiger partial charge on any atom is -0.316 e. The summed E-state index contributed by atoms with van der Waals surface area (Å²) in [6, 6.07) is 5.92. The summed E-state index contributed by atoms with van der Waals surface area (Å²) < 4.78 is 0. The Labute approximate surface area is 145 Å². The highest BCUT2D eigenvalue weighted by Gasteiger charge is 2.21. The van der Waals surface area contributed by atoms with Crippen molar-refractivity contribution in [2.45, 2.75) is 26.2 Å². The third kappa shape index (κ3) is 4.31. The van der Waals surface area contributed by atoms with Crippen molar-refractivity contribution in [3.05, 3.63) is 45.4 Å². The maximum absolute atomic E-state index is 12.2. The summed E-state index contributed by atoms with van der Waals surface area (Å²) in [5.41, 5.74) is 2.40. The van der Waals surface area contributed by atoms with E-state index in [9.17, 15) is 4.79 Å². The molecule has 1 atom stereocenters. The van der Waals surface area contributed by atoms with Crippen LogP contribution in [0.4, 0.5) is 5.13 Å². The number of carbonyl (C=O) groups excluding carboxylic acids is 1. The van der Waals surface area contributed by atoms with Gasteiger partial charge < -0.3 is 10.6 Å². The van der Waals surface area contributed by atoms with Crippen molar-refractivity contribution in [1.29, 1.82) is 0 Å². The number of aromatic nitrogens is 1. The van der Waals surface area contributed by atoms with Crippen LogP contribution in [-0.4, -0.2) is 24.0 Å². The van der Waals surface area contributed by atoms with Crippen LogP contribution in [0.3, 0.4) is 0 Å². The van der Waals surface area contributed by atoms with E-state index in [-0.39, 0.29) is 11.8 Å². The molecule has 3 rings (SSSR count). The first-order valence-corrected chi connectivity index (χ1v) is 9.02. The summed E-state index contributed by atoms with van der Waals surface area (Å²) in [6.07, 6.45) is 4.65. The first kappa shape index (κ1) is 16.4. The standard InChI is InChI=1S/C17H20ClN3OS/c1-11-7-14(18)5-4-12(11)8-15-10-20-17(23-15)21-16(22)13-3-2-6-19-9-13/h4-5,7,10,13,19H,2-3,6,8-9H2,1H3,(H,20,21,22). The molecule has 122 valence electrons. The number of hydrogen-bond acceptors (Lipinski definition) is 4. The zero-order valence-corrected chi connectivity index (χ0v) is 14.6. The molecule has 1 aliphatic heterocycles. The van der Waals surface area contributed by atoms with E-state index in [0.29, 0.717) is 5.13 Å². The quantitative estimate of drug-likeness (QED) is 0.886. The SMILES string of the molecule is Cc1cc(Cl)ccc1Cc1cnc(NC(=O)C2CCCNC2)s1. The second kappa shape index (κ2) is 7.43. The molecule has 0 saturated carbocycles. The fourth-order valence-electron chi connectivity index (χ4n) is 2.78.